The fourth-order valence-electron chi connectivity index (χ4n) is 2.86. The molecule has 1 amide bonds. The van der Waals surface area contributed by atoms with E-state index in [0.29, 0.717) is 0 Å². The molecule has 1 aliphatic heterocycles. The van der Waals surface area contributed by atoms with Crippen LogP contribution in [0.3, 0.4) is 0 Å². The number of carbonyl (C=O) groups is 2. The van der Waals surface area contributed by atoms with Crippen molar-refractivity contribution in [2.24, 2.45) is 5.11 Å². The highest BCUT2D eigenvalue weighted by atomic mass is 32.2. The number of ether oxygens (including phenoxy) is 1. The largest absolute Gasteiger partial charge is 0.461 e. The van der Waals surface area contributed by atoms with Crippen LogP contribution < -0.4 is 0 Å². The van der Waals surface area contributed by atoms with Crippen LogP contribution in [0.15, 0.2) is 35.4 Å². The lowest BCUT2D eigenvalue weighted by atomic mass is 10.1. The Hall–Kier alpha value is -2.43. The number of likely N-dealkylation sites (tertiary alicyclic amines) is 1. The fraction of sp³-hybridized carbons (Fsp3) is 0.529. The van der Waals surface area contributed by atoms with Crippen molar-refractivity contribution in [3.05, 3.63) is 46.3 Å². The summed E-state index contributed by atoms with van der Waals surface area (Å²) < 4.78 is 52.4. The van der Waals surface area contributed by atoms with Crippen LogP contribution >= 0.6 is 7.60 Å². The smallest absolute Gasteiger partial charge is 0.349 e. The third kappa shape index (κ3) is 6.78. The van der Waals surface area contributed by atoms with Crippen LogP contribution in [0.4, 0.5) is 0 Å². The molecule has 1 saturated heterocycles. The molecule has 170 valence electrons. The Balaban J connectivity index is 1.95. The lowest BCUT2D eigenvalue weighted by Crippen LogP contribution is -2.66. The third-order valence-corrected chi connectivity index (χ3v) is 7.48. The van der Waals surface area contributed by atoms with Gasteiger partial charge in [0, 0.05) is 11.2 Å². The zero-order chi connectivity index (χ0) is 23.1. The lowest BCUT2D eigenvalue weighted by molar-refractivity contribution is -0.146. The number of hydrogen-bond donors (Lipinski definition) is 0. The molecule has 1 aromatic rings. The minimum atomic E-state index is -3.97. The number of azide groups is 1. The zero-order valence-electron chi connectivity index (χ0n) is 17.0. The maximum Gasteiger partial charge on any atom is 0.349 e. The van der Waals surface area contributed by atoms with E-state index in [1.165, 1.54) is 0 Å². The molecule has 0 spiro atoms. The molecule has 0 N–H and O–H groups in total. The summed E-state index contributed by atoms with van der Waals surface area (Å²) in [5.41, 5.74) is 9.34. The topological polar surface area (TPSA) is 165 Å². The monoisotopic (exact) mass is 474 g/mol. The highest BCUT2D eigenvalue weighted by Crippen LogP contribution is 2.51. The summed E-state index contributed by atoms with van der Waals surface area (Å²) >= 11 is 0. The van der Waals surface area contributed by atoms with Crippen LogP contribution in [-0.4, -0.2) is 62.4 Å². The summed E-state index contributed by atoms with van der Waals surface area (Å²) in [5.74, 6) is -1.40. The van der Waals surface area contributed by atoms with Crippen LogP contribution in [0.5, 0.6) is 0 Å². The van der Waals surface area contributed by atoms with Gasteiger partial charge in [-0.1, -0.05) is 35.4 Å². The average molecular weight is 474 g/mol. The number of nitrogens with zero attached hydrogens (tertiary/aromatic N) is 4. The number of sulfone groups is 1. The molecule has 0 saturated carbocycles. The van der Waals surface area contributed by atoms with E-state index in [2.05, 4.69) is 10.0 Å². The van der Waals surface area contributed by atoms with Gasteiger partial charge in [0.25, 0.3) is 0 Å². The first-order valence-electron chi connectivity index (χ1n) is 9.22. The van der Waals surface area contributed by atoms with E-state index in [9.17, 15) is 22.6 Å². The van der Waals surface area contributed by atoms with Gasteiger partial charge >= 0.3 is 13.6 Å². The summed E-state index contributed by atoms with van der Waals surface area (Å²) in [6, 6.07) is 7.58. The van der Waals surface area contributed by atoms with Gasteiger partial charge in [-0.15, -0.1) is 0 Å². The van der Waals surface area contributed by atoms with Crippen molar-refractivity contribution in [2.45, 2.75) is 31.4 Å². The summed E-state index contributed by atoms with van der Waals surface area (Å²) in [4.78, 5) is 27.3. The minimum Gasteiger partial charge on any atom is -0.461 e. The maximum absolute atomic E-state index is 13.0. The van der Waals surface area contributed by atoms with Gasteiger partial charge in [-0.25, -0.2) is 8.42 Å². The standard InChI is InChI=1S/C17H23N4O8PS/c1-3-28-30(24,12-21-16(23)15(19-20-18)17(21)31(2,25)26)29-10-9-14(22)27-11-13-7-5-4-6-8-13/h4-8,15,17H,3,9-12H2,1-2H3. The molecule has 12 nitrogen and oxygen atoms in total. The van der Waals surface area contributed by atoms with Crippen molar-refractivity contribution >= 4 is 29.3 Å². The second kappa shape index (κ2) is 10.7. The van der Waals surface area contributed by atoms with Gasteiger partial charge < -0.3 is 18.7 Å². The second-order valence-corrected chi connectivity index (χ2v) is 10.7. The minimum absolute atomic E-state index is 0.0406. The van der Waals surface area contributed by atoms with Crippen LogP contribution in [0.1, 0.15) is 18.9 Å². The average Bonchev–Trinajstić information content (AvgIpc) is 2.71. The van der Waals surface area contributed by atoms with Crippen molar-refractivity contribution in [2.75, 3.05) is 25.8 Å². The van der Waals surface area contributed by atoms with Gasteiger partial charge in [-0.2, -0.15) is 0 Å². The van der Waals surface area contributed by atoms with E-state index in [1.807, 2.05) is 6.07 Å². The van der Waals surface area contributed by atoms with Crippen molar-refractivity contribution in [1.82, 2.24) is 4.90 Å². The van der Waals surface area contributed by atoms with E-state index in [1.54, 1.807) is 31.2 Å². The predicted molar refractivity (Wildman–Crippen MR) is 109 cm³/mol. The normalized spacial score (nSPS) is 20.3. The zero-order valence-corrected chi connectivity index (χ0v) is 18.7. The van der Waals surface area contributed by atoms with Gasteiger partial charge in [0.05, 0.1) is 19.6 Å². The molecule has 14 heteroatoms. The number of benzene rings is 1. The Morgan fingerprint density at radius 2 is 1.97 bits per heavy atom. The van der Waals surface area contributed by atoms with Gasteiger partial charge in [0.2, 0.25) is 5.91 Å². The summed E-state index contributed by atoms with van der Waals surface area (Å²) in [7, 11) is -7.81. The molecule has 1 fully saturated rings. The van der Waals surface area contributed by atoms with Crippen LogP contribution in [0.2, 0.25) is 0 Å². The van der Waals surface area contributed by atoms with Crippen molar-refractivity contribution in [3.8, 4) is 0 Å². The Bertz CT molecular complexity index is 997. The third-order valence-electron chi connectivity index (χ3n) is 4.22. The van der Waals surface area contributed by atoms with Gasteiger partial charge in [-0.3, -0.25) is 14.2 Å². The van der Waals surface area contributed by atoms with Gasteiger partial charge in [0.15, 0.2) is 21.3 Å². The van der Waals surface area contributed by atoms with Crippen LogP contribution in [0, 0.1) is 0 Å². The highest BCUT2D eigenvalue weighted by molar-refractivity contribution is 7.91. The fourth-order valence-corrected chi connectivity index (χ4v) is 5.94. The Morgan fingerprint density at radius 3 is 2.55 bits per heavy atom. The number of carbonyl (C=O) groups excluding carboxylic acids is 2. The molecular formula is C17H23N4O8PS. The molecule has 3 atom stereocenters. The quantitative estimate of drug-likeness (QED) is 0.111. The van der Waals surface area contributed by atoms with Crippen LogP contribution in [0.25, 0.3) is 10.4 Å². The maximum atomic E-state index is 13.0. The molecule has 0 aromatic heterocycles. The Morgan fingerprint density at radius 1 is 1.29 bits per heavy atom. The predicted octanol–water partition coefficient (Wildman–Crippen LogP) is 2.22. The number of amides is 1. The molecule has 31 heavy (non-hydrogen) atoms. The van der Waals surface area contributed by atoms with E-state index >= 15 is 0 Å². The Kier molecular flexibility index (Phi) is 8.60. The molecule has 1 aliphatic rings. The number of esters is 1. The molecule has 1 aromatic carbocycles. The molecule has 1 heterocycles. The molecule has 0 aliphatic carbocycles. The van der Waals surface area contributed by atoms with E-state index in [-0.39, 0.29) is 26.2 Å². The number of hydrogen-bond acceptors (Lipinski definition) is 9. The van der Waals surface area contributed by atoms with E-state index in [4.69, 9.17) is 19.3 Å². The Labute approximate surface area is 179 Å². The SMILES string of the molecule is CCOP(=O)(CN1C(=O)C(N=[N+]=[N-])C1S(C)(=O)=O)OCCC(=O)OCc1ccccc1. The second-order valence-electron chi connectivity index (χ2n) is 6.58. The van der Waals surface area contributed by atoms with Crippen LogP contribution in [-0.2, 0) is 44.4 Å². The van der Waals surface area contributed by atoms with E-state index < -0.39 is 47.0 Å². The molecule has 3 unspecified atom stereocenters. The summed E-state index contributed by atoms with van der Waals surface area (Å²) in [6.45, 7) is 1.25. The molecule has 0 radical (unpaired) electrons. The lowest BCUT2D eigenvalue weighted by Gasteiger charge is -2.44. The molecule has 0 bridgehead atoms. The number of rotatable bonds is 12. The van der Waals surface area contributed by atoms with Crippen molar-refractivity contribution < 1.29 is 36.4 Å². The van der Waals surface area contributed by atoms with E-state index in [0.717, 1.165) is 16.7 Å². The first-order chi connectivity index (χ1) is 14.6. The first-order valence-corrected chi connectivity index (χ1v) is 12.9. The van der Waals surface area contributed by atoms with Gasteiger partial charge in [0.1, 0.15) is 12.9 Å². The van der Waals surface area contributed by atoms with Crippen molar-refractivity contribution in [1.29, 1.82) is 0 Å². The summed E-state index contributed by atoms with van der Waals surface area (Å²) in [6.07, 6.45) is -0.0190. The van der Waals surface area contributed by atoms with Gasteiger partial charge in [-0.05, 0) is 18.0 Å². The van der Waals surface area contributed by atoms with Crippen molar-refractivity contribution in [3.63, 3.8) is 0 Å². The highest BCUT2D eigenvalue weighted by Gasteiger charge is 2.54. The molecular weight excluding hydrogens is 451 g/mol. The molecule has 2 rings (SSSR count). The first kappa shape index (κ1) is 24.8. The summed E-state index contributed by atoms with van der Waals surface area (Å²) in [5, 5.41) is 1.73. The number of β-lactam (4-membered cyclic amide) rings is 1.